The van der Waals surface area contributed by atoms with Gasteiger partial charge in [0.25, 0.3) is 5.91 Å². The molecule has 7 heteroatoms. The van der Waals surface area contributed by atoms with Gasteiger partial charge in [0.15, 0.2) is 0 Å². The molecule has 0 bridgehead atoms. The molecule has 1 N–H and O–H groups in total. The summed E-state index contributed by atoms with van der Waals surface area (Å²) in [6, 6.07) is 9.74. The molecule has 1 aliphatic heterocycles. The zero-order valence-electron chi connectivity index (χ0n) is 13.8. The number of fused-ring (bicyclic) bond motifs is 1. The van der Waals surface area contributed by atoms with E-state index in [4.69, 9.17) is 9.47 Å². The fourth-order valence-electron chi connectivity index (χ4n) is 3.02. The Bertz CT molecular complexity index is 875. The maximum Gasteiger partial charge on any atom is 0.270 e. The van der Waals surface area contributed by atoms with Gasteiger partial charge in [-0.2, -0.15) is 4.98 Å². The number of likely N-dealkylation sites (tertiary alicyclic amines) is 1. The van der Waals surface area contributed by atoms with Gasteiger partial charge in [-0.1, -0.05) is 18.2 Å². The molecule has 128 valence electrons. The first-order chi connectivity index (χ1) is 12.2. The van der Waals surface area contributed by atoms with Crippen LogP contribution in [0.15, 0.2) is 42.7 Å². The van der Waals surface area contributed by atoms with Crippen molar-refractivity contribution in [3.63, 3.8) is 0 Å². The standard InChI is InChI=1S/C18H18N4O3/c1-24-16-9-19-10-17(21-16)25-13-6-7-22(11-13)18(23)15-8-12-4-2-3-5-14(12)20-15/h2-5,8-10,13,20H,6-7,11H2,1H3. The summed E-state index contributed by atoms with van der Waals surface area (Å²) < 4.78 is 10.9. The summed E-state index contributed by atoms with van der Waals surface area (Å²) >= 11 is 0. The van der Waals surface area contributed by atoms with Crippen LogP contribution in [-0.2, 0) is 0 Å². The number of nitrogens with one attached hydrogen (secondary N) is 1. The number of amides is 1. The van der Waals surface area contributed by atoms with Crippen LogP contribution in [0.4, 0.5) is 0 Å². The number of aromatic amines is 1. The van der Waals surface area contributed by atoms with Crippen molar-refractivity contribution in [3.05, 3.63) is 48.4 Å². The van der Waals surface area contributed by atoms with Crippen molar-refractivity contribution in [2.75, 3.05) is 20.2 Å². The SMILES string of the molecule is COc1cncc(OC2CCN(C(=O)c3cc4ccccc4[nH]3)C2)n1. The van der Waals surface area contributed by atoms with Gasteiger partial charge in [0.1, 0.15) is 11.8 Å². The third-order valence-corrected chi connectivity index (χ3v) is 4.28. The smallest absolute Gasteiger partial charge is 0.270 e. The highest BCUT2D eigenvalue weighted by molar-refractivity contribution is 5.98. The van der Waals surface area contributed by atoms with Crippen molar-refractivity contribution in [3.8, 4) is 11.8 Å². The normalized spacial score (nSPS) is 17.0. The summed E-state index contributed by atoms with van der Waals surface area (Å²) in [4.78, 5) is 25.9. The summed E-state index contributed by atoms with van der Waals surface area (Å²) in [5.41, 5.74) is 1.56. The number of hydrogen-bond donors (Lipinski definition) is 1. The Kier molecular flexibility index (Phi) is 3.97. The lowest BCUT2D eigenvalue weighted by Crippen LogP contribution is -2.31. The summed E-state index contributed by atoms with van der Waals surface area (Å²) in [7, 11) is 1.53. The lowest BCUT2D eigenvalue weighted by molar-refractivity contribution is 0.0766. The van der Waals surface area contributed by atoms with Crippen molar-refractivity contribution in [1.29, 1.82) is 0 Å². The Morgan fingerprint density at radius 3 is 2.96 bits per heavy atom. The van der Waals surface area contributed by atoms with Crippen LogP contribution in [0.25, 0.3) is 10.9 Å². The van der Waals surface area contributed by atoms with Crippen LogP contribution < -0.4 is 9.47 Å². The Labute approximate surface area is 144 Å². The van der Waals surface area contributed by atoms with Gasteiger partial charge in [0.05, 0.1) is 26.0 Å². The molecule has 1 amide bonds. The van der Waals surface area contributed by atoms with E-state index in [1.165, 1.54) is 13.3 Å². The molecule has 1 saturated heterocycles. The minimum atomic E-state index is -0.102. The molecule has 3 heterocycles. The number of nitrogens with zero attached hydrogens (tertiary/aromatic N) is 3. The molecule has 1 unspecified atom stereocenters. The van der Waals surface area contributed by atoms with Gasteiger partial charge < -0.3 is 19.4 Å². The second kappa shape index (κ2) is 6.43. The highest BCUT2D eigenvalue weighted by atomic mass is 16.5. The van der Waals surface area contributed by atoms with Gasteiger partial charge in [-0.25, -0.2) is 0 Å². The molecule has 0 aliphatic carbocycles. The zero-order chi connectivity index (χ0) is 17.2. The topological polar surface area (TPSA) is 80.3 Å². The molecule has 4 rings (SSSR count). The Morgan fingerprint density at radius 2 is 2.12 bits per heavy atom. The third kappa shape index (κ3) is 3.13. The zero-order valence-corrected chi connectivity index (χ0v) is 13.8. The van der Waals surface area contributed by atoms with Gasteiger partial charge in [0, 0.05) is 23.9 Å². The molecular formula is C18H18N4O3. The van der Waals surface area contributed by atoms with E-state index in [0.717, 1.165) is 17.3 Å². The average molecular weight is 338 g/mol. The van der Waals surface area contributed by atoms with Crippen LogP contribution in [0.3, 0.4) is 0 Å². The first-order valence-electron chi connectivity index (χ1n) is 8.12. The second-order valence-corrected chi connectivity index (χ2v) is 5.95. The predicted octanol–water partition coefficient (Wildman–Crippen LogP) is 2.26. The lowest BCUT2D eigenvalue weighted by Gasteiger charge is -2.16. The van der Waals surface area contributed by atoms with Crippen LogP contribution in [0, 0.1) is 0 Å². The maximum absolute atomic E-state index is 12.7. The summed E-state index contributed by atoms with van der Waals surface area (Å²) in [6.07, 6.45) is 3.72. The molecule has 1 atom stereocenters. The van der Waals surface area contributed by atoms with E-state index in [0.29, 0.717) is 30.5 Å². The second-order valence-electron chi connectivity index (χ2n) is 5.95. The van der Waals surface area contributed by atoms with E-state index in [2.05, 4.69) is 15.0 Å². The molecule has 25 heavy (non-hydrogen) atoms. The largest absolute Gasteiger partial charge is 0.480 e. The molecule has 1 aromatic carbocycles. The number of para-hydroxylation sites is 1. The highest BCUT2D eigenvalue weighted by Gasteiger charge is 2.29. The van der Waals surface area contributed by atoms with E-state index >= 15 is 0 Å². The number of carbonyl (C=O) groups excluding carboxylic acids is 1. The third-order valence-electron chi connectivity index (χ3n) is 4.28. The molecular weight excluding hydrogens is 320 g/mol. The van der Waals surface area contributed by atoms with Crippen molar-refractivity contribution in [2.45, 2.75) is 12.5 Å². The molecule has 0 radical (unpaired) electrons. The van der Waals surface area contributed by atoms with Crippen LogP contribution >= 0.6 is 0 Å². The molecule has 1 aliphatic rings. The predicted molar refractivity (Wildman–Crippen MR) is 91.8 cm³/mol. The number of methoxy groups -OCH3 is 1. The summed E-state index contributed by atoms with van der Waals surface area (Å²) in [6.45, 7) is 1.17. The minimum absolute atomic E-state index is 0.0148. The molecule has 0 spiro atoms. The van der Waals surface area contributed by atoms with Crippen molar-refractivity contribution < 1.29 is 14.3 Å². The Balaban J connectivity index is 1.43. The molecule has 0 saturated carbocycles. The monoisotopic (exact) mass is 338 g/mol. The number of ether oxygens (including phenoxy) is 2. The number of aromatic nitrogens is 3. The van der Waals surface area contributed by atoms with Crippen LogP contribution in [0.2, 0.25) is 0 Å². The van der Waals surface area contributed by atoms with E-state index < -0.39 is 0 Å². The quantitative estimate of drug-likeness (QED) is 0.789. The first kappa shape index (κ1) is 15.4. The minimum Gasteiger partial charge on any atom is -0.480 e. The van der Waals surface area contributed by atoms with E-state index in [1.54, 1.807) is 11.1 Å². The molecule has 2 aromatic heterocycles. The number of H-pyrrole nitrogens is 1. The van der Waals surface area contributed by atoms with Crippen LogP contribution in [-0.4, -0.2) is 52.1 Å². The molecule has 7 nitrogen and oxygen atoms in total. The fraction of sp³-hybridized carbons (Fsp3) is 0.278. The van der Waals surface area contributed by atoms with Gasteiger partial charge >= 0.3 is 0 Å². The lowest BCUT2D eigenvalue weighted by atomic mass is 10.2. The summed E-state index contributed by atoms with van der Waals surface area (Å²) in [5, 5.41) is 1.03. The Morgan fingerprint density at radius 1 is 1.28 bits per heavy atom. The number of rotatable bonds is 4. The summed E-state index contributed by atoms with van der Waals surface area (Å²) in [5.74, 6) is 0.796. The fourth-order valence-corrected chi connectivity index (χ4v) is 3.02. The maximum atomic E-state index is 12.7. The van der Waals surface area contributed by atoms with Crippen LogP contribution in [0.5, 0.6) is 11.8 Å². The Hall–Kier alpha value is -3.09. The van der Waals surface area contributed by atoms with Crippen LogP contribution in [0.1, 0.15) is 16.9 Å². The number of hydrogen-bond acceptors (Lipinski definition) is 5. The highest BCUT2D eigenvalue weighted by Crippen LogP contribution is 2.21. The van der Waals surface area contributed by atoms with E-state index in [-0.39, 0.29) is 12.0 Å². The molecule has 3 aromatic rings. The van der Waals surface area contributed by atoms with E-state index in [1.807, 2.05) is 30.3 Å². The van der Waals surface area contributed by atoms with Gasteiger partial charge in [-0.05, 0) is 12.1 Å². The van der Waals surface area contributed by atoms with Crippen molar-refractivity contribution >= 4 is 16.8 Å². The van der Waals surface area contributed by atoms with Crippen molar-refractivity contribution in [1.82, 2.24) is 19.9 Å². The van der Waals surface area contributed by atoms with Crippen molar-refractivity contribution in [2.24, 2.45) is 0 Å². The van der Waals surface area contributed by atoms with Gasteiger partial charge in [-0.15, -0.1) is 0 Å². The first-order valence-corrected chi connectivity index (χ1v) is 8.12. The van der Waals surface area contributed by atoms with Gasteiger partial charge in [0.2, 0.25) is 11.8 Å². The number of carbonyl (C=O) groups is 1. The van der Waals surface area contributed by atoms with E-state index in [9.17, 15) is 4.79 Å². The average Bonchev–Trinajstić information content (AvgIpc) is 3.28. The van der Waals surface area contributed by atoms with Gasteiger partial charge in [-0.3, -0.25) is 9.78 Å². The number of benzene rings is 1. The molecule has 1 fully saturated rings.